The molecule has 0 aromatic heterocycles. The lowest BCUT2D eigenvalue weighted by Crippen LogP contribution is -2.43. The van der Waals surface area contributed by atoms with Gasteiger partial charge in [0.25, 0.3) is 0 Å². The van der Waals surface area contributed by atoms with Crippen molar-refractivity contribution in [2.75, 3.05) is 26.7 Å². The third kappa shape index (κ3) is 6.20. The maximum atomic E-state index is 9.84. The number of β-amino-alcohol motifs (C(OH)–C–C–N with tert-alkyl or cyclic N) is 1. The van der Waals surface area contributed by atoms with Gasteiger partial charge in [-0.1, -0.05) is 12.1 Å². The first-order valence-corrected chi connectivity index (χ1v) is 7.51. The van der Waals surface area contributed by atoms with Gasteiger partial charge in [0.2, 0.25) is 0 Å². The van der Waals surface area contributed by atoms with Crippen molar-refractivity contribution < 1.29 is 9.94 Å². The lowest BCUT2D eigenvalue weighted by Gasteiger charge is -2.34. The molecule has 1 aliphatic heterocycles. The summed E-state index contributed by atoms with van der Waals surface area (Å²) in [7, 11) is 2.14. The van der Waals surface area contributed by atoms with Crippen molar-refractivity contribution in [3.8, 4) is 0 Å². The molecule has 0 aromatic rings. The van der Waals surface area contributed by atoms with E-state index >= 15 is 0 Å². The van der Waals surface area contributed by atoms with Gasteiger partial charge in [-0.25, -0.2) is 0 Å². The predicted molar refractivity (Wildman–Crippen MR) is 83.0 cm³/mol. The number of hydrogen-bond donors (Lipinski definition) is 2. The van der Waals surface area contributed by atoms with Crippen molar-refractivity contribution in [2.24, 2.45) is 11.1 Å². The molecule has 0 saturated carbocycles. The van der Waals surface area contributed by atoms with Crippen molar-refractivity contribution >= 4 is 5.71 Å². The van der Waals surface area contributed by atoms with Gasteiger partial charge in [0.05, 0.1) is 5.71 Å². The molecular formula is C15H31N3O2. The monoisotopic (exact) mass is 285 g/mol. The van der Waals surface area contributed by atoms with Crippen LogP contribution in [0.2, 0.25) is 0 Å². The fourth-order valence-corrected chi connectivity index (χ4v) is 2.19. The number of aliphatic hydroxyl groups excluding tert-OH is 1. The largest absolute Gasteiger partial charge is 0.393 e. The summed E-state index contributed by atoms with van der Waals surface area (Å²) in [5.74, 6) is 0.418. The maximum Gasteiger partial charge on any atom is 0.144 e. The Morgan fingerprint density at radius 2 is 2.10 bits per heavy atom. The molecule has 2 N–H and O–H groups in total. The van der Waals surface area contributed by atoms with Gasteiger partial charge in [0, 0.05) is 37.0 Å². The normalized spacial score (nSPS) is 28.6. The highest BCUT2D eigenvalue weighted by Gasteiger charge is 2.25. The van der Waals surface area contributed by atoms with Crippen LogP contribution in [-0.2, 0) is 4.84 Å². The standard InChI is InChI=1S/C15H31N3O2/c1-11-9-18(6)12(2)7-14(11)17-20-10-13(19)8-16-15(3,4)5/h11-13,16,19H,7-10H2,1-6H3/b17-14-. The van der Waals surface area contributed by atoms with Crippen LogP contribution in [0, 0.1) is 5.92 Å². The van der Waals surface area contributed by atoms with E-state index in [4.69, 9.17) is 4.84 Å². The number of aliphatic hydroxyl groups is 1. The van der Waals surface area contributed by atoms with Gasteiger partial charge in [-0.3, -0.25) is 0 Å². The van der Waals surface area contributed by atoms with Crippen LogP contribution < -0.4 is 5.32 Å². The molecule has 0 spiro atoms. The molecule has 0 bridgehead atoms. The second kappa shape index (κ2) is 7.38. The van der Waals surface area contributed by atoms with E-state index in [2.05, 4.69) is 57.0 Å². The van der Waals surface area contributed by atoms with Gasteiger partial charge < -0.3 is 20.2 Å². The fourth-order valence-electron chi connectivity index (χ4n) is 2.19. The van der Waals surface area contributed by atoms with E-state index in [-0.39, 0.29) is 12.1 Å². The van der Waals surface area contributed by atoms with Crippen molar-refractivity contribution in [3.05, 3.63) is 0 Å². The summed E-state index contributed by atoms with van der Waals surface area (Å²) in [6.45, 7) is 12.4. The van der Waals surface area contributed by atoms with E-state index in [9.17, 15) is 5.11 Å². The molecule has 118 valence electrons. The lowest BCUT2D eigenvalue weighted by molar-refractivity contribution is 0.0354. The van der Waals surface area contributed by atoms with Crippen LogP contribution in [-0.4, -0.2) is 60.1 Å². The van der Waals surface area contributed by atoms with Crippen LogP contribution in [0.4, 0.5) is 0 Å². The summed E-state index contributed by atoms with van der Waals surface area (Å²) in [6.07, 6.45) is 0.408. The van der Waals surface area contributed by atoms with Crippen LogP contribution in [0.25, 0.3) is 0 Å². The number of nitrogens with one attached hydrogen (secondary N) is 1. The van der Waals surface area contributed by atoms with Gasteiger partial charge >= 0.3 is 0 Å². The van der Waals surface area contributed by atoms with Crippen molar-refractivity contribution in [2.45, 2.75) is 58.7 Å². The first kappa shape index (κ1) is 17.4. The molecule has 0 aromatic carbocycles. The van der Waals surface area contributed by atoms with Gasteiger partial charge in [-0.2, -0.15) is 0 Å². The van der Waals surface area contributed by atoms with Gasteiger partial charge in [-0.15, -0.1) is 0 Å². The smallest absolute Gasteiger partial charge is 0.144 e. The number of nitrogens with zero attached hydrogens (tertiary/aromatic N) is 2. The Morgan fingerprint density at radius 1 is 1.45 bits per heavy atom. The molecule has 1 saturated heterocycles. The molecule has 0 aliphatic carbocycles. The van der Waals surface area contributed by atoms with Crippen LogP contribution in [0.5, 0.6) is 0 Å². The maximum absolute atomic E-state index is 9.84. The van der Waals surface area contributed by atoms with E-state index in [1.807, 2.05) is 0 Å². The van der Waals surface area contributed by atoms with Crippen molar-refractivity contribution in [1.82, 2.24) is 10.2 Å². The molecule has 3 atom stereocenters. The number of piperidine rings is 1. The fraction of sp³-hybridized carbons (Fsp3) is 0.933. The first-order valence-electron chi connectivity index (χ1n) is 7.51. The zero-order chi connectivity index (χ0) is 15.3. The lowest BCUT2D eigenvalue weighted by atomic mass is 9.93. The SMILES string of the molecule is CC1CN(C)C(C)C/C1=N/OCC(O)CNC(C)(C)C. The molecule has 20 heavy (non-hydrogen) atoms. The van der Waals surface area contributed by atoms with Crippen LogP contribution in [0.3, 0.4) is 0 Å². The predicted octanol–water partition coefficient (Wildman–Crippen LogP) is 1.47. The molecule has 5 heteroatoms. The summed E-state index contributed by atoms with van der Waals surface area (Å²) in [5, 5.41) is 17.3. The number of hydrogen-bond acceptors (Lipinski definition) is 5. The zero-order valence-corrected chi connectivity index (χ0v) is 13.8. The number of oxime groups is 1. The van der Waals surface area contributed by atoms with Crippen LogP contribution in [0.15, 0.2) is 5.16 Å². The summed E-state index contributed by atoms with van der Waals surface area (Å²) in [5.41, 5.74) is 1.11. The summed E-state index contributed by atoms with van der Waals surface area (Å²) in [4.78, 5) is 7.67. The van der Waals surface area contributed by atoms with Crippen molar-refractivity contribution in [1.29, 1.82) is 0 Å². The molecule has 1 rings (SSSR count). The van der Waals surface area contributed by atoms with Crippen LogP contribution >= 0.6 is 0 Å². The van der Waals surface area contributed by atoms with E-state index < -0.39 is 6.10 Å². The summed E-state index contributed by atoms with van der Waals surface area (Å²) in [6, 6.07) is 0.501. The molecule has 1 fully saturated rings. The van der Waals surface area contributed by atoms with E-state index in [0.717, 1.165) is 18.7 Å². The third-order valence-corrected chi connectivity index (χ3v) is 3.70. The summed E-state index contributed by atoms with van der Waals surface area (Å²) < 4.78 is 0. The van der Waals surface area contributed by atoms with E-state index in [1.54, 1.807) is 0 Å². The number of likely N-dealkylation sites (tertiary alicyclic amines) is 1. The Balaban J connectivity index is 2.33. The highest BCUT2D eigenvalue weighted by molar-refractivity contribution is 5.87. The van der Waals surface area contributed by atoms with E-state index in [1.165, 1.54) is 0 Å². The quantitative estimate of drug-likeness (QED) is 0.751. The zero-order valence-electron chi connectivity index (χ0n) is 13.8. The second-order valence-electron chi connectivity index (χ2n) is 7.06. The molecule has 0 radical (unpaired) electrons. The third-order valence-electron chi connectivity index (χ3n) is 3.70. The molecular weight excluding hydrogens is 254 g/mol. The molecule has 0 amide bonds. The Bertz CT molecular complexity index is 326. The van der Waals surface area contributed by atoms with Crippen LogP contribution in [0.1, 0.15) is 41.0 Å². The van der Waals surface area contributed by atoms with Gasteiger partial charge in [0.15, 0.2) is 0 Å². The van der Waals surface area contributed by atoms with Gasteiger partial charge in [-0.05, 0) is 34.7 Å². The average molecular weight is 285 g/mol. The summed E-state index contributed by atoms with van der Waals surface area (Å²) >= 11 is 0. The minimum Gasteiger partial charge on any atom is -0.393 e. The second-order valence-corrected chi connectivity index (χ2v) is 7.06. The molecule has 5 nitrogen and oxygen atoms in total. The Kier molecular flexibility index (Phi) is 6.43. The molecule has 1 aliphatic rings. The average Bonchev–Trinajstić information content (AvgIpc) is 2.32. The topological polar surface area (TPSA) is 57.1 Å². The molecule has 3 unspecified atom stereocenters. The van der Waals surface area contributed by atoms with Crippen molar-refractivity contribution in [3.63, 3.8) is 0 Å². The minimum absolute atomic E-state index is 0.00474. The Morgan fingerprint density at radius 3 is 2.70 bits per heavy atom. The highest BCUT2D eigenvalue weighted by Crippen LogP contribution is 2.18. The van der Waals surface area contributed by atoms with Gasteiger partial charge in [0.1, 0.15) is 12.7 Å². The molecule has 1 heterocycles. The Hall–Kier alpha value is -0.650. The first-order chi connectivity index (χ1) is 9.19. The number of rotatable bonds is 5. The highest BCUT2D eigenvalue weighted by atomic mass is 16.6. The Labute approximate surface area is 123 Å². The minimum atomic E-state index is -0.530. The van der Waals surface area contributed by atoms with E-state index in [0.29, 0.717) is 18.5 Å².